The average Bonchev–Trinajstić information content (AvgIpc) is 2.39. The topological polar surface area (TPSA) is 32.3 Å². The summed E-state index contributed by atoms with van der Waals surface area (Å²) in [6.45, 7) is 0.940. The minimum absolute atomic E-state index is 0.203. The Morgan fingerprint density at radius 1 is 1.06 bits per heavy atom. The lowest BCUT2D eigenvalue weighted by molar-refractivity contribution is 0.114. The largest absolute Gasteiger partial charge is 0.391 e. The average molecular weight is 245 g/mol. The van der Waals surface area contributed by atoms with Crippen LogP contribution in [0.4, 0.5) is 0 Å². The molecule has 0 amide bonds. The van der Waals surface area contributed by atoms with E-state index in [2.05, 4.69) is 41.7 Å². The molecule has 2 heteroatoms. The molecule has 2 atom stereocenters. The molecule has 18 heavy (non-hydrogen) atoms. The maximum atomic E-state index is 10.1. The van der Waals surface area contributed by atoms with E-state index in [0.29, 0.717) is 0 Å². The van der Waals surface area contributed by atoms with Crippen molar-refractivity contribution in [3.8, 4) is 0 Å². The van der Waals surface area contributed by atoms with Crippen LogP contribution in [0.15, 0.2) is 42.5 Å². The second kappa shape index (κ2) is 7.34. The van der Waals surface area contributed by atoms with E-state index in [-0.39, 0.29) is 12.1 Å². The van der Waals surface area contributed by atoms with Crippen LogP contribution in [0.1, 0.15) is 31.2 Å². The Morgan fingerprint density at radius 3 is 2.56 bits per heavy atom. The van der Waals surface area contributed by atoms with Crippen molar-refractivity contribution in [3.63, 3.8) is 0 Å². The lowest BCUT2D eigenvalue weighted by atomic mass is 9.98. The molecular formula is C16H23NO. The Morgan fingerprint density at radius 2 is 1.78 bits per heavy atom. The number of hydrogen-bond acceptors (Lipinski definition) is 2. The van der Waals surface area contributed by atoms with Crippen molar-refractivity contribution < 1.29 is 5.11 Å². The van der Waals surface area contributed by atoms with E-state index in [0.717, 1.165) is 38.6 Å². The summed E-state index contributed by atoms with van der Waals surface area (Å²) in [5.41, 5.74) is 1.35. The molecule has 98 valence electrons. The van der Waals surface area contributed by atoms with Gasteiger partial charge in [-0.2, -0.15) is 0 Å². The number of allylic oxidation sites excluding steroid dienone is 2. The fourth-order valence-corrected chi connectivity index (χ4v) is 2.46. The van der Waals surface area contributed by atoms with E-state index >= 15 is 0 Å². The molecule has 1 aliphatic carbocycles. The van der Waals surface area contributed by atoms with Gasteiger partial charge in [-0.3, -0.25) is 0 Å². The van der Waals surface area contributed by atoms with Gasteiger partial charge in [0.2, 0.25) is 0 Å². The van der Waals surface area contributed by atoms with Crippen LogP contribution in [0.25, 0.3) is 0 Å². The van der Waals surface area contributed by atoms with Crippen LogP contribution in [-0.4, -0.2) is 23.8 Å². The van der Waals surface area contributed by atoms with E-state index in [4.69, 9.17) is 0 Å². The van der Waals surface area contributed by atoms with Crippen molar-refractivity contribution >= 4 is 0 Å². The fourth-order valence-electron chi connectivity index (χ4n) is 2.46. The molecule has 0 fully saturated rings. The van der Waals surface area contributed by atoms with E-state index in [1.165, 1.54) is 5.56 Å². The van der Waals surface area contributed by atoms with Gasteiger partial charge >= 0.3 is 0 Å². The van der Waals surface area contributed by atoms with E-state index in [1.54, 1.807) is 0 Å². The smallest absolute Gasteiger partial charge is 0.0696 e. The van der Waals surface area contributed by atoms with Crippen LogP contribution >= 0.6 is 0 Å². The fraction of sp³-hybridized carbons (Fsp3) is 0.500. The highest BCUT2D eigenvalue weighted by Crippen LogP contribution is 2.13. The number of nitrogens with one attached hydrogen (secondary N) is 1. The van der Waals surface area contributed by atoms with Gasteiger partial charge < -0.3 is 10.4 Å². The minimum Gasteiger partial charge on any atom is -0.391 e. The monoisotopic (exact) mass is 245 g/mol. The molecule has 0 radical (unpaired) electrons. The summed E-state index contributed by atoms with van der Waals surface area (Å²) in [4.78, 5) is 0. The minimum atomic E-state index is -0.203. The SMILES string of the molecule is OC1CCC=CCC[C@H]1NCCc1ccccc1. The first-order valence-corrected chi connectivity index (χ1v) is 6.96. The summed E-state index contributed by atoms with van der Waals surface area (Å²) in [7, 11) is 0. The van der Waals surface area contributed by atoms with Gasteiger partial charge in [0, 0.05) is 6.04 Å². The van der Waals surface area contributed by atoms with E-state index in [9.17, 15) is 5.11 Å². The highest BCUT2D eigenvalue weighted by atomic mass is 16.3. The summed E-state index contributed by atoms with van der Waals surface area (Å²) in [5, 5.41) is 13.6. The summed E-state index contributed by atoms with van der Waals surface area (Å²) in [6.07, 6.45) is 9.22. The highest BCUT2D eigenvalue weighted by Gasteiger charge is 2.18. The number of benzene rings is 1. The normalized spacial score (nSPS) is 24.5. The van der Waals surface area contributed by atoms with Crippen LogP contribution in [0, 0.1) is 0 Å². The Balaban J connectivity index is 1.76. The lowest BCUT2D eigenvalue weighted by Gasteiger charge is -2.25. The van der Waals surface area contributed by atoms with Crippen LogP contribution in [0.5, 0.6) is 0 Å². The van der Waals surface area contributed by atoms with Gasteiger partial charge in [0.05, 0.1) is 6.10 Å². The zero-order valence-corrected chi connectivity index (χ0v) is 10.9. The van der Waals surface area contributed by atoms with Crippen molar-refractivity contribution in [2.24, 2.45) is 0 Å². The molecule has 1 unspecified atom stereocenters. The molecule has 1 aromatic carbocycles. The second-order valence-corrected chi connectivity index (χ2v) is 4.99. The molecule has 2 nitrogen and oxygen atoms in total. The number of rotatable bonds is 4. The molecule has 0 aliphatic heterocycles. The van der Waals surface area contributed by atoms with Gasteiger partial charge in [-0.1, -0.05) is 42.5 Å². The van der Waals surface area contributed by atoms with Gasteiger partial charge in [-0.15, -0.1) is 0 Å². The first kappa shape index (κ1) is 13.3. The summed E-state index contributed by atoms with van der Waals surface area (Å²) < 4.78 is 0. The van der Waals surface area contributed by atoms with Crippen molar-refractivity contribution in [1.29, 1.82) is 0 Å². The molecule has 1 aliphatic rings. The predicted octanol–water partition coefficient (Wildman–Crippen LogP) is 2.68. The molecule has 0 spiro atoms. The maximum Gasteiger partial charge on any atom is 0.0696 e. The van der Waals surface area contributed by atoms with Crippen molar-refractivity contribution in [2.75, 3.05) is 6.54 Å². The molecular weight excluding hydrogens is 222 g/mol. The van der Waals surface area contributed by atoms with Crippen molar-refractivity contribution in [2.45, 2.75) is 44.2 Å². The summed E-state index contributed by atoms with van der Waals surface area (Å²) in [6, 6.07) is 10.7. The highest BCUT2D eigenvalue weighted by molar-refractivity contribution is 5.14. The van der Waals surface area contributed by atoms with Crippen molar-refractivity contribution in [3.05, 3.63) is 48.0 Å². The first-order valence-electron chi connectivity index (χ1n) is 6.96. The Bertz CT molecular complexity index is 361. The Labute approximate surface area is 110 Å². The summed E-state index contributed by atoms with van der Waals surface area (Å²) >= 11 is 0. The third-order valence-corrected chi connectivity index (χ3v) is 3.57. The van der Waals surface area contributed by atoms with Crippen LogP contribution in [0.2, 0.25) is 0 Å². The predicted molar refractivity (Wildman–Crippen MR) is 75.6 cm³/mol. The molecule has 0 bridgehead atoms. The van der Waals surface area contributed by atoms with E-state index in [1.807, 2.05) is 6.07 Å². The standard InChI is InChI=1S/C16H23NO/c18-16-11-7-2-1-6-10-15(16)17-13-12-14-8-4-3-5-9-14/h1-5,8-9,15-18H,6-7,10-13H2/t15-,16?/m1/s1. The van der Waals surface area contributed by atoms with Gasteiger partial charge in [0.15, 0.2) is 0 Å². The molecule has 2 rings (SSSR count). The van der Waals surface area contributed by atoms with Gasteiger partial charge in [-0.05, 0) is 44.2 Å². The Hall–Kier alpha value is -1.12. The van der Waals surface area contributed by atoms with Gasteiger partial charge in [-0.25, -0.2) is 0 Å². The number of hydrogen-bond donors (Lipinski definition) is 2. The zero-order chi connectivity index (χ0) is 12.6. The molecule has 1 aromatic rings. The first-order chi connectivity index (χ1) is 8.86. The number of aliphatic hydroxyl groups excluding tert-OH is 1. The second-order valence-electron chi connectivity index (χ2n) is 4.99. The molecule has 2 N–H and O–H groups in total. The number of aliphatic hydroxyl groups is 1. The molecule has 0 heterocycles. The van der Waals surface area contributed by atoms with Crippen LogP contribution in [-0.2, 0) is 6.42 Å². The van der Waals surface area contributed by atoms with Crippen LogP contribution in [0.3, 0.4) is 0 Å². The third-order valence-electron chi connectivity index (χ3n) is 3.57. The molecule has 0 aromatic heterocycles. The van der Waals surface area contributed by atoms with E-state index < -0.39 is 0 Å². The third kappa shape index (κ3) is 4.28. The lowest BCUT2D eigenvalue weighted by Crippen LogP contribution is -2.41. The summed E-state index contributed by atoms with van der Waals surface area (Å²) in [5.74, 6) is 0. The molecule has 0 saturated carbocycles. The maximum absolute atomic E-state index is 10.1. The Kier molecular flexibility index (Phi) is 5.43. The zero-order valence-electron chi connectivity index (χ0n) is 10.9. The quantitative estimate of drug-likeness (QED) is 0.799. The van der Waals surface area contributed by atoms with Gasteiger partial charge in [0.1, 0.15) is 0 Å². The molecule has 0 saturated heterocycles. The van der Waals surface area contributed by atoms with Crippen LogP contribution < -0.4 is 5.32 Å². The van der Waals surface area contributed by atoms with Crippen molar-refractivity contribution in [1.82, 2.24) is 5.32 Å². The van der Waals surface area contributed by atoms with Gasteiger partial charge in [0.25, 0.3) is 0 Å².